The minimum atomic E-state index is -0.850. The summed E-state index contributed by atoms with van der Waals surface area (Å²) in [5.74, 6) is -1.56. The molecule has 0 aliphatic heterocycles. The van der Waals surface area contributed by atoms with Crippen LogP contribution in [0.3, 0.4) is 0 Å². The van der Waals surface area contributed by atoms with Crippen molar-refractivity contribution in [3.05, 3.63) is 39.9 Å². The monoisotopic (exact) mass is 318 g/mol. The largest absolute Gasteiger partial charge is 0.345 e. The normalized spacial score (nSPS) is 15.3. The molecule has 0 aromatic heterocycles. The summed E-state index contributed by atoms with van der Waals surface area (Å²) in [4.78, 5) is 33.5. The van der Waals surface area contributed by atoms with Crippen molar-refractivity contribution in [3.8, 4) is 0 Å². The fourth-order valence-corrected chi connectivity index (χ4v) is 2.43. The average Bonchev–Trinajstić information content (AvgIpc) is 2.56. The smallest absolute Gasteiger partial charge is 0.329 e. The quantitative estimate of drug-likeness (QED) is 0.379. The molecule has 2 amide bonds. The summed E-state index contributed by atoms with van der Waals surface area (Å²) < 4.78 is 0. The number of benzene rings is 1. The van der Waals surface area contributed by atoms with Crippen molar-refractivity contribution >= 4 is 23.7 Å². The second-order valence-corrected chi connectivity index (χ2v) is 5.36. The predicted octanol–water partition coefficient (Wildman–Crippen LogP) is 1.49. The lowest BCUT2D eigenvalue weighted by Crippen LogP contribution is -2.44. The number of nitro groups is 1. The number of nitrogens with one attached hydrogen (secondary N) is 2. The van der Waals surface area contributed by atoms with Crippen LogP contribution in [0.25, 0.3) is 0 Å². The number of carbonyl (C=O) groups excluding carboxylic acids is 2. The summed E-state index contributed by atoms with van der Waals surface area (Å²) >= 11 is 0. The van der Waals surface area contributed by atoms with E-state index in [1.54, 1.807) is 6.07 Å². The van der Waals surface area contributed by atoms with Gasteiger partial charge in [-0.15, -0.1) is 0 Å². The Hall–Kier alpha value is -2.77. The van der Waals surface area contributed by atoms with Crippen molar-refractivity contribution in [1.82, 2.24) is 10.7 Å². The van der Waals surface area contributed by atoms with E-state index in [1.807, 2.05) is 0 Å². The van der Waals surface area contributed by atoms with Crippen molar-refractivity contribution in [1.29, 1.82) is 0 Å². The van der Waals surface area contributed by atoms with Gasteiger partial charge < -0.3 is 5.32 Å². The maximum absolute atomic E-state index is 11.7. The third-order valence-electron chi connectivity index (χ3n) is 3.61. The van der Waals surface area contributed by atoms with Gasteiger partial charge in [0.2, 0.25) is 0 Å². The fraction of sp³-hybridized carbons (Fsp3) is 0.400. The van der Waals surface area contributed by atoms with E-state index in [-0.39, 0.29) is 11.7 Å². The lowest BCUT2D eigenvalue weighted by molar-refractivity contribution is -0.384. The van der Waals surface area contributed by atoms with Crippen molar-refractivity contribution in [2.75, 3.05) is 0 Å². The van der Waals surface area contributed by atoms with Gasteiger partial charge in [0.25, 0.3) is 5.69 Å². The van der Waals surface area contributed by atoms with E-state index >= 15 is 0 Å². The Morgan fingerprint density at radius 3 is 2.65 bits per heavy atom. The van der Waals surface area contributed by atoms with Crippen LogP contribution in [0.15, 0.2) is 29.4 Å². The fourth-order valence-electron chi connectivity index (χ4n) is 2.43. The van der Waals surface area contributed by atoms with Crippen LogP contribution in [0.1, 0.15) is 37.7 Å². The summed E-state index contributed by atoms with van der Waals surface area (Å²) in [7, 11) is 0. The van der Waals surface area contributed by atoms with Gasteiger partial charge in [0.05, 0.1) is 11.1 Å². The third-order valence-corrected chi connectivity index (χ3v) is 3.61. The van der Waals surface area contributed by atoms with Crippen LogP contribution in [0.2, 0.25) is 0 Å². The number of hydrogen-bond acceptors (Lipinski definition) is 5. The molecule has 8 nitrogen and oxygen atoms in total. The second kappa shape index (κ2) is 8.02. The first kappa shape index (κ1) is 16.6. The molecule has 0 saturated heterocycles. The summed E-state index contributed by atoms with van der Waals surface area (Å²) in [6.07, 6.45) is 6.28. The van der Waals surface area contributed by atoms with Crippen LogP contribution in [0.5, 0.6) is 0 Å². The molecule has 1 aliphatic rings. The second-order valence-electron chi connectivity index (χ2n) is 5.36. The van der Waals surface area contributed by atoms with E-state index in [0.717, 1.165) is 32.1 Å². The average molecular weight is 318 g/mol. The summed E-state index contributed by atoms with van der Waals surface area (Å²) in [5, 5.41) is 17.0. The van der Waals surface area contributed by atoms with Gasteiger partial charge in [0, 0.05) is 23.7 Å². The Balaban J connectivity index is 1.84. The molecule has 23 heavy (non-hydrogen) atoms. The van der Waals surface area contributed by atoms with Gasteiger partial charge in [-0.2, -0.15) is 5.10 Å². The van der Waals surface area contributed by atoms with Crippen molar-refractivity contribution in [2.45, 2.75) is 38.1 Å². The number of nitrogens with zero attached hydrogens (tertiary/aromatic N) is 2. The van der Waals surface area contributed by atoms with Crippen LogP contribution < -0.4 is 10.7 Å². The molecule has 2 rings (SSSR count). The van der Waals surface area contributed by atoms with Gasteiger partial charge in [-0.25, -0.2) is 5.43 Å². The summed E-state index contributed by atoms with van der Waals surface area (Å²) in [6, 6.07) is 5.83. The van der Waals surface area contributed by atoms with Crippen LogP contribution in [0, 0.1) is 10.1 Å². The molecule has 0 heterocycles. The molecule has 0 radical (unpaired) electrons. The molecular formula is C15H18N4O4. The van der Waals surface area contributed by atoms with Gasteiger partial charge in [0.15, 0.2) is 0 Å². The zero-order chi connectivity index (χ0) is 16.7. The predicted molar refractivity (Wildman–Crippen MR) is 83.8 cm³/mol. The minimum absolute atomic E-state index is 0.0442. The first-order chi connectivity index (χ1) is 11.1. The molecule has 0 spiro atoms. The van der Waals surface area contributed by atoms with Crippen LogP contribution in [-0.2, 0) is 9.59 Å². The summed E-state index contributed by atoms with van der Waals surface area (Å²) in [6.45, 7) is 0. The zero-order valence-electron chi connectivity index (χ0n) is 12.5. The maximum Gasteiger partial charge on any atom is 0.329 e. The first-order valence-corrected chi connectivity index (χ1v) is 7.44. The highest BCUT2D eigenvalue weighted by molar-refractivity contribution is 6.35. The van der Waals surface area contributed by atoms with Crippen molar-refractivity contribution in [2.24, 2.45) is 5.10 Å². The van der Waals surface area contributed by atoms with Crippen LogP contribution >= 0.6 is 0 Å². The van der Waals surface area contributed by atoms with Crippen LogP contribution in [-0.4, -0.2) is 29.0 Å². The van der Waals surface area contributed by atoms with E-state index in [2.05, 4.69) is 15.8 Å². The number of hydrogen-bond donors (Lipinski definition) is 2. The molecule has 0 unspecified atom stereocenters. The van der Waals surface area contributed by atoms with E-state index in [4.69, 9.17) is 0 Å². The molecular weight excluding hydrogens is 300 g/mol. The van der Waals surface area contributed by atoms with Gasteiger partial charge in [-0.05, 0) is 12.8 Å². The SMILES string of the molecule is O=C(N/N=C\c1cccc([N+](=O)[O-])c1)C(=O)NC1CCCCC1. The van der Waals surface area contributed by atoms with E-state index in [1.165, 1.54) is 24.4 Å². The van der Waals surface area contributed by atoms with Gasteiger partial charge >= 0.3 is 11.8 Å². The molecule has 0 bridgehead atoms. The maximum atomic E-state index is 11.7. The molecule has 122 valence electrons. The van der Waals surface area contributed by atoms with Gasteiger partial charge in [0.1, 0.15) is 0 Å². The Morgan fingerprint density at radius 2 is 1.96 bits per heavy atom. The Labute approximate surface area is 133 Å². The first-order valence-electron chi connectivity index (χ1n) is 7.44. The van der Waals surface area contributed by atoms with Gasteiger partial charge in [-0.3, -0.25) is 19.7 Å². The van der Waals surface area contributed by atoms with Crippen molar-refractivity contribution in [3.63, 3.8) is 0 Å². The zero-order valence-corrected chi connectivity index (χ0v) is 12.5. The van der Waals surface area contributed by atoms with E-state index in [0.29, 0.717) is 5.56 Å². The lowest BCUT2D eigenvalue weighted by Gasteiger charge is -2.22. The van der Waals surface area contributed by atoms with E-state index < -0.39 is 16.7 Å². The highest BCUT2D eigenvalue weighted by Gasteiger charge is 2.19. The molecule has 1 aromatic carbocycles. The minimum Gasteiger partial charge on any atom is -0.345 e. The Bertz CT molecular complexity index is 624. The number of hydrazone groups is 1. The molecule has 1 saturated carbocycles. The molecule has 1 aromatic rings. The van der Waals surface area contributed by atoms with Gasteiger partial charge in [-0.1, -0.05) is 31.4 Å². The third kappa shape index (κ3) is 5.17. The number of nitro benzene ring substituents is 1. The lowest BCUT2D eigenvalue weighted by atomic mass is 9.95. The van der Waals surface area contributed by atoms with Crippen LogP contribution in [0.4, 0.5) is 5.69 Å². The van der Waals surface area contributed by atoms with Crippen molar-refractivity contribution < 1.29 is 14.5 Å². The molecule has 2 N–H and O–H groups in total. The Morgan fingerprint density at radius 1 is 1.22 bits per heavy atom. The standard InChI is InChI=1S/C15H18N4O4/c20-14(17-12-6-2-1-3-7-12)15(21)18-16-10-11-5-4-8-13(9-11)19(22)23/h4-5,8-10,12H,1-3,6-7H2,(H,17,20)(H,18,21)/b16-10-. The molecule has 1 fully saturated rings. The van der Waals surface area contributed by atoms with E-state index in [9.17, 15) is 19.7 Å². The highest BCUT2D eigenvalue weighted by Crippen LogP contribution is 2.17. The highest BCUT2D eigenvalue weighted by atomic mass is 16.6. The Kier molecular flexibility index (Phi) is 5.79. The molecule has 0 atom stereocenters. The number of amides is 2. The molecule has 1 aliphatic carbocycles. The number of carbonyl (C=O) groups is 2. The summed E-state index contributed by atoms with van der Waals surface area (Å²) in [5.41, 5.74) is 2.50. The number of rotatable bonds is 4. The number of non-ortho nitro benzene ring substituents is 1. The molecule has 8 heteroatoms. The topological polar surface area (TPSA) is 114 Å².